The quantitative estimate of drug-likeness (QED) is 0.780. The van der Waals surface area contributed by atoms with Crippen molar-refractivity contribution in [2.24, 2.45) is 5.92 Å². The number of hydrogen-bond donors (Lipinski definition) is 1. The molecule has 1 saturated heterocycles. The summed E-state index contributed by atoms with van der Waals surface area (Å²) in [6.45, 7) is 3.67. The molecular weight excluding hydrogens is 374 g/mol. The Morgan fingerprint density at radius 1 is 1.42 bits per heavy atom. The summed E-state index contributed by atoms with van der Waals surface area (Å²) in [6.07, 6.45) is 2.01. The second-order valence-electron chi connectivity index (χ2n) is 4.97. The molecule has 0 radical (unpaired) electrons. The van der Waals surface area contributed by atoms with Crippen LogP contribution in [0, 0.1) is 5.92 Å². The van der Waals surface area contributed by atoms with Crippen LogP contribution in [0.1, 0.15) is 30.1 Å². The number of aromatic hydroxyl groups is 1. The molecule has 1 amide bonds. The highest BCUT2D eigenvalue weighted by Crippen LogP contribution is 2.28. The summed E-state index contributed by atoms with van der Waals surface area (Å²) in [5.41, 5.74) is 0.375. The van der Waals surface area contributed by atoms with Gasteiger partial charge in [0.1, 0.15) is 5.75 Å². The largest absolute Gasteiger partial charge is 0.507 e. The highest BCUT2D eigenvalue weighted by molar-refractivity contribution is 9.10. The molecule has 0 aromatic heterocycles. The van der Waals surface area contributed by atoms with Crippen molar-refractivity contribution in [1.29, 1.82) is 0 Å². The molecule has 104 valence electrons. The number of carbonyl (C=O) groups excluding carboxylic acids is 1. The van der Waals surface area contributed by atoms with Crippen molar-refractivity contribution in [2.45, 2.75) is 24.6 Å². The van der Waals surface area contributed by atoms with Gasteiger partial charge in [-0.1, -0.05) is 38.8 Å². The smallest absolute Gasteiger partial charge is 0.257 e. The molecule has 1 aliphatic heterocycles. The predicted octanol–water partition coefficient (Wildman–Crippen LogP) is 3.79. The number of nitrogens with zero attached hydrogens (tertiary/aromatic N) is 1. The fraction of sp³-hybridized carbons (Fsp3) is 0.500. The van der Waals surface area contributed by atoms with Gasteiger partial charge in [-0.15, -0.1) is 0 Å². The van der Waals surface area contributed by atoms with Crippen LogP contribution in [0.3, 0.4) is 0 Å². The van der Waals surface area contributed by atoms with E-state index in [0.29, 0.717) is 16.3 Å². The lowest BCUT2D eigenvalue weighted by molar-refractivity contribution is 0.0688. The van der Waals surface area contributed by atoms with E-state index in [9.17, 15) is 9.90 Å². The Morgan fingerprint density at radius 2 is 2.05 bits per heavy atom. The fourth-order valence-electron chi connectivity index (χ4n) is 2.41. The summed E-state index contributed by atoms with van der Waals surface area (Å²) in [6, 6.07) is 4.95. The van der Waals surface area contributed by atoms with Gasteiger partial charge in [0.25, 0.3) is 5.91 Å². The zero-order chi connectivity index (χ0) is 14.0. The summed E-state index contributed by atoms with van der Waals surface area (Å²) >= 11 is 6.94. The van der Waals surface area contributed by atoms with Gasteiger partial charge >= 0.3 is 0 Å². The fourth-order valence-corrected chi connectivity index (χ4v) is 3.30. The second kappa shape index (κ2) is 6.27. The van der Waals surface area contributed by atoms with E-state index >= 15 is 0 Å². The molecule has 1 aliphatic rings. The van der Waals surface area contributed by atoms with Crippen LogP contribution >= 0.6 is 31.9 Å². The first-order valence-electron chi connectivity index (χ1n) is 6.41. The maximum Gasteiger partial charge on any atom is 0.257 e. The van der Waals surface area contributed by atoms with E-state index in [0.717, 1.165) is 30.4 Å². The third-order valence-electron chi connectivity index (χ3n) is 3.67. The first-order valence-corrected chi connectivity index (χ1v) is 8.11. The summed E-state index contributed by atoms with van der Waals surface area (Å²) in [5.74, 6) is 0.587. The molecule has 0 aliphatic carbocycles. The van der Waals surface area contributed by atoms with Crippen LogP contribution in [0.15, 0.2) is 22.7 Å². The second-order valence-corrected chi connectivity index (χ2v) is 7.33. The van der Waals surface area contributed by atoms with Crippen LogP contribution in [0.25, 0.3) is 0 Å². The zero-order valence-electron chi connectivity index (χ0n) is 10.8. The Kier molecular flexibility index (Phi) is 4.90. The number of benzene rings is 1. The minimum absolute atomic E-state index is 0.0455. The lowest BCUT2D eigenvalue weighted by Gasteiger charge is -2.33. The minimum atomic E-state index is -0.0838. The molecule has 3 nitrogen and oxygen atoms in total. The van der Waals surface area contributed by atoms with Gasteiger partial charge in [-0.2, -0.15) is 0 Å². The normalized spacial score (nSPS) is 18.4. The van der Waals surface area contributed by atoms with E-state index in [-0.39, 0.29) is 11.7 Å². The standard InChI is InChI=1S/C14H17Br2NO2/c1-9(15)10-4-6-17(7-5-10)14(19)12-8-11(16)2-3-13(12)18/h2-3,8-10,18H,4-7H2,1H3. The first kappa shape index (κ1) is 14.9. The third-order valence-corrected chi connectivity index (χ3v) is 4.91. The number of alkyl halides is 1. The van der Waals surface area contributed by atoms with Crippen LogP contribution in [0.5, 0.6) is 5.75 Å². The first-order chi connectivity index (χ1) is 8.99. The van der Waals surface area contributed by atoms with Crippen LogP contribution in [-0.4, -0.2) is 33.8 Å². The lowest BCUT2D eigenvalue weighted by atomic mass is 9.94. The van der Waals surface area contributed by atoms with Gasteiger partial charge in [-0.05, 0) is 37.0 Å². The third kappa shape index (κ3) is 3.51. The van der Waals surface area contributed by atoms with Gasteiger partial charge in [-0.3, -0.25) is 4.79 Å². The van der Waals surface area contributed by atoms with Crippen molar-refractivity contribution in [3.05, 3.63) is 28.2 Å². The minimum Gasteiger partial charge on any atom is -0.507 e. The molecule has 1 aromatic rings. The average molecular weight is 391 g/mol. The van der Waals surface area contributed by atoms with E-state index < -0.39 is 0 Å². The van der Waals surface area contributed by atoms with Crippen molar-refractivity contribution >= 4 is 37.8 Å². The number of amides is 1. The summed E-state index contributed by atoms with van der Waals surface area (Å²) in [4.78, 5) is 14.7. The number of rotatable bonds is 2. The molecule has 5 heteroatoms. The zero-order valence-corrected chi connectivity index (χ0v) is 13.9. The SMILES string of the molecule is CC(Br)C1CCN(C(=O)c2cc(Br)ccc2O)CC1. The number of halogens is 2. The van der Waals surface area contributed by atoms with Crippen LogP contribution in [0.2, 0.25) is 0 Å². The monoisotopic (exact) mass is 389 g/mol. The van der Waals surface area contributed by atoms with Gasteiger partial charge < -0.3 is 10.0 Å². The summed E-state index contributed by atoms with van der Waals surface area (Å²) in [7, 11) is 0. The Morgan fingerprint density at radius 3 is 2.63 bits per heavy atom. The molecule has 1 heterocycles. The van der Waals surface area contributed by atoms with Gasteiger partial charge in [-0.25, -0.2) is 0 Å². The van der Waals surface area contributed by atoms with Crippen molar-refractivity contribution < 1.29 is 9.90 Å². The molecule has 0 bridgehead atoms. The number of hydrogen-bond acceptors (Lipinski definition) is 2. The molecule has 1 aromatic carbocycles. The van der Waals surface area contributed by atoms with Gasteiger partial charge in [0, 0.05) is 22.4 Å². The topological polar surface area (TPSA) is 40.5 Å². The van der Waals surface area contributed by atoms with Crippen molar-refractivity contribution in [3.8, 4) is 5.75 Å². The van der Waals surface area contributed by atoms with E-state index in [4.69, 9.17) is 0 Å². The van der Waals surface area contributed by atoms with E-state index in [2.05, 4.69) is 38.8 Å². The molecule has 1 atom stereocenters. The average Bonchev–Trinajstić information content (AvgIpc) is 2.41. The molecule has 1 fully saturated rings. The van der Waals surface area contributed by atoms with Gasteiger partial charge in [0.15, 0.2) is 0 Å². The lowest BCUT2D eigenvalue weighted by Crippen LogP contribution is -2.40. The Labute approximate surface area is 130 Å². The van der Waals surface area contributed by atoms with Crippen molar-refractivity contribution in [2.75, 3.05) is 13.1 Å². The Balaban J connectivity index is 2.07. The Bertz CT molecular complexity index is 469. The predicted molar refractivity (Wildman–Crippen MR) is 82.8 cm³/mol. The van der Waals surface area contributed by atoms with Crippen LogP contribution in [-0.2, 0) is 0 Å². The molecule has 0 saturated carbocycles. The number of phenolic OH excluding ortho intramolecular Hbond substituents is 1. The number of phenols is 1. The molecular formula is C14H17Br2NO2. The number of carbonyl (C=O) groups is 1. The number of piperidine rings is 1. The maximum absolute atomic E-state index is 12.4. The van der Waals surface area contributed by atoms with Crippen LogP contribution < -0.4 is 0 Å². The van der Waals surface area contributed by atoms with Gasteiger partial charge in [0.2, 0.25) is 0 Å². The maximum atomic E-state index is 12.4. The van der Waals surface area contributed by atoms with E-state index in [1.165, 1.54) is 0 Å². The van der Waals surface area contributed by atoms with Crippen molar-refractivity contribution in [3.63, 3.8) is 0 Å². The van der Waals surface area contributed by atoms with E-state index in [1.807, 2.05) is 4.90 Å². The molecule has 0 spiro atoms. The van der Waals surface area contributed by atoms with Gasteiger partial charge in [0.05, 0.1) is 5.56 Å². The van der Waals surface area contributed by atoms with Crippen LogP contribution in [0.4, 0.5) is 0 Å². The summed E-state index contributed by atoms with van der Waals surface area (Å²) in [5, 5.41) is 9.80. The van der Waals surface area contributed by atoms with Crippen molar-refractivity contribution in [1.82, 2.24) is 4.90 Å². The highest BCUT2D eigenvalue weighted by Gasteiger charge is 2.27. The highest BCUT2D eigenvalue weighted by atomic mass is 79.9. The molecule has 1 unspecified atom stereocenters. The number of likely N-dealkylation sites (tertiary alicyclic amines) is 1. The Hall–Kier alpha value is -0.550. The molecule has 19 heavy (non-hydrogen) atoms. The molecule has 2 rings (SSSR count). The van der Waals surface area contributed by atoms with E-state index in [1.54, 1.807) is 18.2 Å². The molecule has 1 N–H and O–H groups in total. The summed E-state index contributed by atoms with van der Waals surface area (Å²) < 4.78 is 0.803.